The van der Waals surface area contributed by atoms with E-state index < -0.39 is 11.7 Å². The number of amides is 1. The number of thiophene rings is 1. The summed E-state index contributed by atoms with van der Waals surface area (Å²) < 4.78 is 14.7. The Morgan fingerprint density at radius 1 is 1.31 bits per heavy atom. The van der Waals surface area contributed by atoms with E-state index in [1.54, 1.807) is 12.3 Å². The van der Waals surface area contributed by atoms with E-state index in [9.17, 15) is 14.0 Å². The molecule has 3 aromatic heterocycles. The summed E-state index contributed by atoms with van der Waals surface area (Å²) in [6.07, 6.45) is 2.98. The highest BCUT2D eigenvalue weighted by Crippen LogP contribution is 2.28. The molecule has 0 saturated heterocycles. The number of nitrogens with zero attached hydrogens (tertiary/aromatic N) is 3. The van der Waals surface area contributed by atoms with Crippen molar-refractivity contribution in [2.24, 2.45) is 0 Å². The first-order chi connectivity index (χ1) is 12.5. The summed E-state index contributed by atoms with van der Waals surface area (Å²) in [5, 5.41) is 3.44. The van der Waals surface area contributed by atoms with Crippen LogP contribution >= 0.6 is 22.9 Å². The third-order valence-electron chi connectivity index (χ3n) is 3.74. The molecule has 130 valence electrons. The predicted octanol–water partition coefficient (Wildman–Crippen LogP) is 3.44. The Balaban J connectivity index is 1.64. The van der Waals surface area contributed by atoms with E-state index in [-0.39, 0.29) is 22.8 Å². The number of hydrogen-bond acceptors (Lipinski definition) is 5. The largest absolute Gasteiger partial charge is 0.323 e. The van der Waals surface area contributed by atoms with Gasteiger partial charge in [-0.25, -0.2) is 14.4 Å². The van der Waals surface area contributed by atoms with Crippen LogP contribution in [0.3, 0.4) is 0 Å². The number of benzene rings is 1. The van der Waals surface area contributed by atoms with Gasteiger partial charge < -0.3 is 5.32 Å². The molecule has 9 heteroatoms. The van der Waals surface area contributed by atoms with Crippen molar-refractivity contribution >= 4 is 55.0 Å². The van der Waals surface area contributed by atoms with Crippen LogP contribution in [0.4, 0.5) is 10.1 Å². The zero-order valence-electron chi connectivity index (χ0n) is 13.1. The number of nitrogens with one attached hydrogen (secondary N) is 1. The number of aromatic nitrogens is 3. The van der Waals surface area contributed by atoms with E-state index in [1.165, 1.54) is 34.4 Å². The molecule has 0 bridgehead atoms. The van der Waals surface area contributed by atoms with Gasteiger partial charge in [-0.2, -0.15) is 0 Å². The first-order valence-corrected chi connectivity index (χ1v) is 8.70. The number of rotatable bonds is 3. The monoisotopic (exact) mass is 388 g/mol. The average molecular weight is 389 g/mol. The van der Waals surface area contributed by atoms with Gasteiger partial charge >= 0.3 is 0 Å². The zero-order valence-corrected chi connectivity index (χ0v) is 14.6. The summed E-state index contributed by atoms with van der Waals surface area (Å²) in [6.45, 7) is -0.239. The van der Waals surface area contributed by atoms with Crippen LogP contribution in [-0.2, 0) is 11.3 Å². The number of hydrogen-bond donors (Lipinski definition) is 1. The standard InChI is InChI=1S/C17H10ClFN4O2S/c18-11-6-9(19)3-4-12(11)22-13(24)7-23-8-21-14-10-2-1-5-20-16(10)26-15(14)17(23)25/h1-6,8H,7H2,(H,22,24). The van der Waals surface area contributed by atoms with Gasteiger partial charge in [0, 0.05) is 11.6 Å². The molecular weight excluding hydrogens is 379 g/mol. The summed E-state index contributed by atoms with van der Waals surface area (Å²) in [5.41, 5.74) is 0.519. The van der Waals surface area contributed by atoms with E-state index in [4.69, 9.17) is 11.6 Å². The smallest absolute Gasteiger partial charge is 0.271 e. The van der Waals surface area contributed by atoms with Crippen LogP contribution in [0.5, 0.6) is 0 Å². The molecule has 0 atom stereocenters. The number of carbonyl (C=O) groups excluding carboxylic acids is 1. The molecule has 0 unspecified atom stereocenters. The minimum absolute atomic E-state index is 0.0786. The second-order valence-electron chi connectivity index (χ2n) is 5.49. The molecule has 6 nitrogen and oxygen atoms in total. The highest BCUT2D eigenvalue weighted by atomic mass is 35.5. The molecule has 0 aliphatic carbocycles. The number of fused-ring (bicyclic) bond motifs is 3. The number of pyridine rings is 1. The van der Waals surface area contributed by atoms with Crippen molar-refractivity contribution in [1.82, 2.24) is 14.5 Å². The third kappa shape index (κ3) is 2.93. The molecule has 0 aliphatic rings. The van der Waals surface area contributed by atoms with Crippen LogP contribution < -0.4 is 10.9 Å². The van der Waals surface area contributed by atoms with E-state index in [1.807, 2.05) is 6.07 Å². The highest BCUT2D eigenvalue weighted by Gasteiger charge is 2.14. The maximum Gasteiger partial charge on any atom is 0.271 e. The first kappa shape index (κ1) is 16.6. The third-order valence-corrected chi connectivity index (χ3v) is 5.14. The number of anilines is 1. The first-order valence-electron chi connectivity index (χ1n) is 7.50. The molecule has 4 aromatic rings. The Bertz CT molecular complexity index is 1220. The summed E-state index contributed by atoms with van der Waals surface area (Å²) in [5.74, 6) is -0.974. The molecule has 3 heterocycles. The van der Waals surface area contributed by atoms with E-state index in [0.29, 0.717) is 15.0 Å². The summed E-state index contributed by atoms with van der Waals surface area (Å²) in [7, 11) is 0. The Morgan fingerprint density at radius 2 is 2.15 bits per heavy atom. The fraction of sp³-hybridized carbons (Fsp3) is 0.0588. The Labute approximate surface area is 154 Å². The highest BCUT2D eigenvalue weighted by molar-refractivity contribution is 7.25. The summed E-state index contributed by atoms with van der Waals surface area (Å²) >= 11 is 7.13. The zero-order chi connectivity index (χ0) is 18.3. The fourth-order valence-electron chi connectivity index (χ4n) is 2.55. The number of halogens is 2. The van der Waals surface area contributed by atoms with Gasteiger partial charge in [0.2, 0.25) is 5.91 Å². The van der Waals surface area contributed by atoms with E-state index >= 15 is 0 Å². The summed E-state index contributed by atoms with van der Waals surface area (Å²) in [6, 6.07) is 7.27. The van der Waals surface area contributed by atoms with Crippen LogP contribution in [-0.4, -0.2) is 20.4 Å². The Hall–Kier alpha value is -2.84. The van der Waals surface area contributed by atoms with Crippen molar-refractivity contribution in [3.8, 4) is 0 Å². The molecular formula is C17H10ClFN4O2S. The second kappa shape index (κ2) is 6.47. The van der Waals surface area contributed by atoms with Gasteiger partial charge in [0.05, 0.1) is 22.6 Å². The van der Waals surface area contributed by atoms with Crippen molar-refractivity contribution in [3.05, 3.63) is 64.0 Å². The van der Waals surface area contributed by atoms with E-state index in [0.717, 1.165) is 11.5 Å². The van der Waals surface area contributed by atoms with Crippen LogP contribution in [0.25, 0.3) is 20.4 Å². The SMILES string of the molecule is O=C(Cn1cnc2c(sc3ncccc32)c1=O)Nc1ccc(F)cc1Cl. The van der Waals surface area contributed by atoms with Crippen LogP contribution in [0.15, 0.2) is 47.7 Å². The van der Waals surface area contributed by atoms with Crippen LogP contribution in [0, 0.1) is 5.82 Å². The minimum atomic E-state index is -0.503. The van der Waals surface area contributed by atoms with Gasteiger partial charge in [-0.05, 0) is 30.3 Å². The van der Waals surface area contributed by atoms with E-state index in [2.05, 4.69) is 15.3 Å². The normalized spacial score (nSPS) is 11.2. The maximum atomic E-state index is 13.1. The van der Waals surface area contributed by atoms with Crippen molar-refractivity contribution in [1.29, 1.82) is 0 Å². The van der Waals surface area contributed by atoms with Crippen molar-refractivity contribution in [3.63, 3.8) is 0 Å². The van der Waals surface area contributed by atoms with Gasteiger partial charge in [-0.3, -0.25) is 14.2 Å². The molecule has 1 amide bonds. The lowest BCUT2D eigenvalue weighted by Crippen LogP contribution is -2.27. The van der Waals surface area contributed by atoms with Gasteiger partial charge in [-0.15, -0.1) is 11.3 Å². The Kier molecular flexibility index (Phi) is 4.14. The minimum Gasteiger partial charge on any atom is -0.323 e. The fourth-order valence-corrected chi connectivity index (χ4v) is 3.81. The van der Waals surface area contributed by atoms with Crippen LogP contribution in [0.1, 0.15) is 0 Å². The molecule has 0 spiro atoms. The maximum absolute atomic E-state index is 13.1. The van der Waals surface area contributed by atoms with Crippen molar-refractivity contribution in [2.75, 3.05) is 5.32 Å². The lowest BCUT2D eigenvalue weighted by molar-refractivity contribution is -0.116. The van der Waals surface area contributed by atoms with Crippen molar-refractivity contribution < 1.29 is 9.18 Å². The molecule has 1 N–H and O–H groups in total. The van der Waals surface area contributed by atoms with Gasteiger partial charge in [-0.1, -0.05) is 11.6 Å². The number of carbonyl (C=O) groups is 1. The average Bonchev–Trinajstić information content (AvgIpc) is 2.99. The van der Waals surface area contributed by atoms with Gasteiger partial charge in [0.15, 0.2) is 0 Å². The second-order valence-corrected chi connectivity index (χ2v) is 6.89. The van der Waals surface area contributed by atoms with Crippen molar-refractivity contribution in [2.45, 2.75) is 6.54 Å². The van der Waals surface area contributed by atoms with Crippen LogP contribution in [0.2, 0.25) is 5.02 Å². The molecule has 1 aromatic carbocycles. The molecule has 0 saturated carbocycles. The van der Waals surface area contributed by atoms with Gasteiger partial charge in [0.25, 0.3) is 5.56 Å². The quantitative estimate of drug-likeness (QED) is 0.583. The lowest BCUT2D eigenvalue weighted by atomic mass is 10.3. The predicted molar refractivity (Wildman–Crippen MR) is 99.2 cm³/mol. The molecule has 4 rings (SSSR count). The Morgan fingerprint density at radius 3 is 2.96 bits per heavy atom. The molecule has 0 radical (unpaired) electrons. The molecule has 26 heavy (non-hydrogen) atoms. The topological polar surface area (TPSA) is 76.9 Å². The summed E-state index contributed by atoms with van der Waals surface area (Å²) in [4.78, 5) is 34.1. The van der Waals surface area contributed by atoms with Gasteiger partial charge in [0.1, 0.15) is 21.9 Å². The molecule has 0 fully saturated rings. The molecule has 0 aliphatic heterocycles. The lowest BCUT2D eigenvalue weighted by Gasteiger charge is -2.08.